The zero-order valence-electron chi connectivity index (χ0n) is 8.53. The Kier molecular flexibility index (Phi) is 8.87. The summed E-state index contributed by atoms with van der Waals surface area (Å²) in [5.41, 5.74) is 0. The maximum atomic E-state index is 5.35. The molecule has 0 rings (SSSR count). The molecule has 78 valence electrons. The molecule has 0 saturated heterocycles. The fraction of sp³-hybridized carbons (Fsp3) is 0.857. The van der Waals surface area contributed by atoms with Gasteiger partial charge in [0.15, 0.2) is 5.17 Å². The highest BCUT2D eigenvalue weighted by molar-refractivity contribution is 8.13. The second-order valence-corrected chi connectivity index (χ2v) is 3.99. The Hall–Kier alpha value is 0.170. The lowest BCUT2D eigenvalue weighted by Crippen LogP contribution is -2.16. The first-order chi connectivity index (χ1) is 6.28. The number of thioether (sulfide) groups is 1. The summed E-state index contributed by atoms with van der Waals surface area (Å²) in [7, 11) is 0.727. The van der Waals surface area contributed by atoms with Gasteiger partial charge in [-0.3, -0.25) is 10.1 Å². The quantitative estimate of drug-likeness (QED) is 0.442. The average molecular weight is 224 g/mol. The Labute approximate surface area is 85.5 Å². The molecule has 0 radical (unpaired) electrons. The summed E-state index contributed by atoms with van der Waals surface area (Å²) >= 11 is 1.55. The zero-order chi connectivity index (χ0) is 10.1. The van der Waals surface area contributed by atoms with Gasteiger partial charge in [-0.1, -0.05) is 11.8 Å². The number of nitrogens with one attached hydrogen (secondary N) is 1. The maximum Gasteiger partial charge on any atom is 0.288 e. The fourth-order valence-corrected chi connectivity index (χ4v) is 2.30. The molecule has 0 unspecified atom stereocenters. The minimum Gasteiger partial charge on any atom is -0.318 e. The number of hydrogen-bond acceptors (Lipinski definition) is 4. The van der Waals surface area contributed by atoms with E-state index in [1.807, 2.05) is 20.1 Å². The SMILES string of the molecule is CCOP(NC(=NC)SC)OCC. The van der Waals surface area contributed by atoms with Crippen molar-refractivity contribution in [2.75, 3.05) is 26.5 Å². The van der Waals surface area contributed by atoms with Crippen LogP contribution < -0.4 is 5.09 Å². The molecule has 0 heterocycles. The number of nitrogens with zero attached hydrogens (tertiary/aromatic N) is 1. The predicted molar refractivity (Wildman–Crippen MR) is 60.2 cm³/mol. The van der Waals surface area contributed by atoms with Crippen LogP contribution in [0.3, 0.4) is 0 Å². The third kappa shape index (κ3) is 6.27. The van der Waals surface area contributed by atoms with Crippen LogP contribution in [0.1, 0.15) is 13.8 Å². The van der Waals surface area contributed by atoms with Gasteiger partial charge in [0.2, 0.25) is 0 Å². The Balaban J connectivity index is 3.91. The first kappa shape index (κ1) is 13.2. The molecular weight excluding hydrogens is 207 g/mol. The van der Waals surface area contributed by atoms with Crippen molar-refractivity contribution in [3.63, 3.8) is 0 Å². The molecule has 0 saturated carbocycles. The summed E-state index contributed by atoms with van der Waals surface area (Å²) in [6.07, 6.45) is 1.96. The van der Waals surface area contributed by atoms with Gasteiger partial charge < -0.3 is 9.05 Å². The highest BCUT2D eigenvalue weighted by Crippen LogP contribution is 2.33. The molecule has 0 aliphatic rings. The molecule has 1 N–H and O–H groups in total. The summed E-state index contributed by atoms with van der Waals surface area (Å²) < 4.78 is 10.7. The lowest BCUT2D eigenvalue weighted by molar-refractivity contribution is 0.266. The molecule has 0 spiro atoms. The van der Waals surface area contributed by atoms with Gasteiger partial charge in [-0.25, -0.2) is 0 Å². The van der Waals surface area contributed by atoms with Crippen LogP contribution in [0, 0.1) is 0 Å². The van der Waals surface area contributed by atoms with Gasteiger partial charge in [0, 0.05) is 7.05 Å². The number of hydrogen-bond donors (Lipinski definition) is 1. The van der Waals surface area contributed by atoms with Crippen molar-refractivity contribution < 1.29 is 9.05 Å². The molecule has 0 aromatic rings. The lowest BCUT2D eigenvalue weighted by atomic mass is 10.9. The second-order valence-electron chi connectivity index (χ2n) is 1.94. The smallest absolute Gasteiger partial charge is 0.288 e. The first-order valence-corrected chi connectivity index (χ1v) is 6.52. The van der Waals surface area contributed by atoms with Crippen LogP contribution in [0.5, 0.6) is 0 Å². The maximum absolute atomic E-state index is 5.35. The summed E-state index contributed by atoms with van der Waals surface area (Å²) in [6.45, 7) is 5.17. The summed E-state index contributed by atoms with van der Waals surface area (Å²) in [6, 6.07) is 0. The van der Waals surface area contributed by atoms with Gasteiger partial charge in [-0.05, 0) is 20.1 Å². The Morgan fingerprint density at radius 3 is 2.23 bits per heavy atom. The highest BCUT2D eigenvalue weighted by atomic mass is 32.2. The lowest BCUT2D eigenvalue weighted by Gasteiger charge is -2.16. The van der Waals surface area contributed by atoms with Crippen LogP contribution in [-0.2, 0) is 9.05 Å². The molecular formula is C7H17N2O2PS. The van der Waals surface area contributed by atoms with E-state index in [0.29, 0.717) is 13.2 Å². The van der Waals surface area contributed by atoms with Crippen LogP contribution in [-0.4, -0.2) is 31.7 Å². The second kappa shape index (κ2) is 8.75. The number of amidine groups is 1. The van der Waals surface area contributed by atoms with Crippen LogP contribution >= 0.6 is 20.3 Å². The summed E-state index contributed by atoms with van der Waals surface area (Å²) in [5, 5.41) is 3.93. The molecule has 0 amide bonds. The van der Waals surface area contributed by atoms with Crippen LogP contribution in [0.15, 0.2) is 4.99 Å². The van der Waals surface area contributed by atoms with Crippen molar-refractivity contribution in [2.45, 2.75) is 13.8 Å². The van der Waals surface area contributed by atoms with E-state index in [2.05, 4.69) is 10.1 Å². The van der Waals surface area contributed by atoms with Gasteiger partial charge in [-0.15, -0.1) is 0 Å². The van der Waals surface area contributed by atoms with Crippen molar-refractivity contribution >= 4 is 25.5 Å². The van der Waals surface area contributed by atoms with Crippen molar-refractivity contribution in [1.29, 1.82) is 0 Å². The van der Waals surface area contributed by atoms with Gasteiger partial charge in [0.05, 0.1) is 13.2 Å². The molecule has 13 heavy (non-hydrogen) atoms. The van der Waals surface area contributed by atoms with E-state index in [4.69, 9.17) is 9.05 Å². The van der Waals surface area contributed by atoms with E-state index in [1.165, 1.54) is 0 Å². The van der Waals surface area contributed by atoms with E-state index in [-0.39, 0.29) is 0 Å². The Morgan fingerprint density at radius 1 is 1.38 bits per heavy atom. The van der Waals surface area contributed by atoms with Crippen LogP contribution in [0.2, 0.25) is 0 Å². The molecule has 4 nitrogen and oxygen atoms in total. The number of aliphatic imine (C=N–C) groups is 1. The summed E-state index contributed by atoms with van der Waals surface area (Å²) in [5.74, 6) is 0. The molecule has 0 aliphatic carbocycles. The van der Waals surface area contributed by atoms with Crippen LogP contribution in [0.25, 0.3) is 0 Å². The van der Waals surface area contributed by atoms with Crippen molar-refractivity contribution in [1.82, 2.24) is 5.09 Å². The van der Waals surface area contributed by atoms with Gasteiger partial charge in [0.1, 0.15) is 0 Å². The van der Waals surface area contributed by atoms with Gasteiger partial charge in [-0.2, -0.15) is 0 Å². The van der Waals surface area contributed by atoms with Crippen molar-refractivity contribution in [2.24, 2.45) is 4.99 Å². The molecule has 6 heteroatoms. The van der Waals surface area contributed by atoms with E-state index in [1.54, 1.807) is 18.8 Å². The van der Waals surface area contributed by atoms with E-state index in [9.17, 15) is 0 Å². The topological polar surface area (TPSA) is 42.8 Å². The van der Waals surface area contributed by atoms with Crippen LogP contribution in [0.4, 0.5) is 0 Å². The first-order valence-electron chi connectivity index (χ1n) is 4.11. The van der Waals surface area contributed by atoms with E-state index >= 15 is 0 Å². The molecule has 0 atom stereocenters. The molecule has 0 fully saturated rings. The monoisotopic (exact) mass is 224 g/mol. The van der Waals surface area contributed by atoms with Gasteiger partial charge in [0.25, 0.3) is 8.53 Å². The Morgan fingerprint density at radius 2 is 1.92 bits per heavy atom. The average Bonchev–Trinajstić information content (AvgIpc) is 2.14. The third-order valence-corrected chi connectivity index (χ3v) is 3.28. The van der Waals surface area contributed by atoms with E-state index < -0.39 is 8.53 Å². The molecule has 0 aliphatic heterocycles. The molecule has 0 aromatic carbocycles. The molecule has 0 aromatic heterocycles. The van der Waals surface area contributed by atoms with Gasteiger partial charge >= 0.3 is 0 Å². The largest absolute Gasteiger partial charge is 0.318 e. The normalized spacial score (nSPS) is 12.2. The minimum absolute atomic E-state index is 0.643. The minimum atomic E-state index is -1.01. The third-order valence-electron chi connectivity index (χ3n) is 1.08. The predicted octanol–water partition coefficient (Wildman–Crippen LogP) is 2.22. The standard InChI is InChI=1S/C7H17N2O2PS/c1-5-10-12(11-6-2)9-7(8-3)13-4/h5-6H2,1-4H3,(H,8,9). The number of rotatable bonds is 5. The zero-order valence-corrected chi connectivity index (χ0v) is 10.2. The van der Waals surface area contributed by atoms with Crippen molar-refractivity contribution in [3.8, 4) is 0 Å². The van der Waals surface area contributed by atoms with Crippen molar-refractivity contribution in [3.05, 3.63) is 0 Å². The van der Waals surface area contributed by atoms with E-state index in [0.717, 1.165) is 5.17 Å². The fourth-order valence-electron chi connectivity index (χ4n) is 0.601. The molecule has 0 bridgehead atoms. The highest BCUT2D eigenvalue weighted by Gasteiger charge is 2.10. The summed E-state index contributed by atoms with van der Waals surface area (Å²) in [4.78, 5) is 4.04. The Bertz CT molecular complexity index is 151.